The SMILES string of the molecule is Cc1cn2c(n1)CCC(NS(=O)(=O)C1=Cc3ccccc3CC1)C2. The van der Waals surface area contributed by atoms with Crippen molar-refractivity contribution in [1.29, 1.82) is 0 Å². The van der Waals surface area contributed by atoms with Crippen molar-refractivity contribution in [3.63, 3.8) is 0 Å². The zero-order valence-corrected chi connectivity index (χ0v) is 14.5. The second kappa shape index (κ2) is 5.86. The number of aromatic nitrogens is 2. The average Bonchev–Trinajstić information content (AvgIpc) is 2.93. The molecule has 1 aromatic carbocycles. The van der Waals surface area contributed by atoms with Crippen molar-refractivity contribution in [2.24, 2.45) is 0 Å². The molecule has 0 radical (unpaired) electrons. The predicted octanol–water partition coefficient (Wildman–Crippen LogP) is 2.41. The number of benzene rings is 1. The number of sulfonamides is 1. The van der Waals surface area contributed by atoms with E-state index in [-0.39, 0.29) is 6.04 Å². The molecular weight excluding hydrogens is 322 g/mol. The summed E-state index contributed by atoms with van der Waals surface area (Å²) in [5, 5.41) is 0. The molecule has 1 aliphatic carbocycles. The fourth-order valence-electron chi connectivity index (χ4n) is 3.60. The van der Waals surface area contributed by atoms with Gasteiger partial charge in [0.05, 0.1) is 10.6 Å². The molecule has 2 aliphatic rings. The molecule has 5 nitrogen and oxygen atoms in total. The van der Waals surface area contributed by atoms with Gasteiger partial charge in [-0.1, -0.05) is 24.3 Å². The number of imidazole rings is 1. The molecule has 0 saturated carbocycles. The monoisotopic (exact) mass is 343 g/mol. The van der Waals surface area contributed by atoms with Gasteiger partial charge >= 0.3 is 0 Å². The van der Waals surface area contributed by atoms with E-state index in [4.69, 9.17) is 0 Å². The third-order valence-corrected chi connectivity index (χ3v) is 6.45. The van der Waals surface area contributed by atoms with E-state index in [9.17, 15) is 8.42 Å². The van der Waals surface area contributed by atoms with Crippen molar-refractivity contribution in [2.45, 2.75) is 45.2 Å². The number of rotatable bonds is 3. The molecule has 2 heterocycles. The van der Waals surface area contributed by atoms with Crippen LogP contribution >= 0.6 is 0 Å². The molecule has 0 saturated heterocycles. The Morgan fingerprint density at radius 2 is 2.04 bits per heavy atom. The lowest BCUT2D eigenvalue weighted by Crippen LogP contribution is -2.41. The van der Waals surface area contributed by atoms with Crippen LogP contribution < -0.4 is 4.72 Å². The highest BCUT2D eigenvalue weighted by atomic mass is 32.2. The zero-order chi connectivity index (χ0) is 16.7. The summed E-state index contributed by atoms with van der Waals surface area (Å²) in [5.74, 6) is 1.05. The Balaban J connectivity index is 1.53. The van der Waals surface area contributed by atoms with E-state index in [1.807, 2.05) is 37.4 Å². The Bertz CT molecular complexity index is 912. The van der Waals surface area contributed by atoms with Crippen molar-refractivity contribution in [1.82, 2.24) is 14.3 Å². The maximum absolute atomic E-state index is 12.8. The molecule has 1 aliphatic heterocycles. The summed E-state index contributed by atoms with van der Waals surface area (Å²) in [4.78, 5) is 4.97. The van der Waals surface area contributed by atoms with Crippen molar-refractivity contribution >= 4 is 16.1 Å². The van der Waals surface area contributed by atoms with Gasteiger partial charge in [0.25, 0.3) is 0 Å². The molecule has 2 aromatic rings. The largest absolute Gasteiger partial charge is 0.333 e. The van der Waals surface area contributed by atoms with E-state index in [1.54, 1.807) is 0 Å². The van der Waals surface area contributed by atoms with E-state index in [2.05, 4.69) is 20.3 Å². The Morgan fingerprint density at radius 1 is 1.21 bits per heavy atom. The first-order valence-electron chi connectivity index (χ1n) is 8.35. The summed E-state index contributed by atoms with van der Waals surface area (Å²) >= 11 is 0. The van der Waals surface area contributed by atoms with Gasteiger partial charge in [0, 0.05) is 25.2 Å². The molecule has 1 atom stereocenters. The summed E-state index contributed by atoms with van der Waals surface area (Å²) in [7, 11) is -3.44. The number of nitrogens with zero attached hydrogens (tertiary/aromatic N) is 2. The number of allylic oxidation sites excluding steroid dienone is 1. The fourth-order valence-corrected chi connectivity index (χ4v) is 5.03. The average molecular weight is 343 g/mol. The minimum absolute atomic E-state index is 0.0748. The molecule has 6 heteroatoms. The van der Waals surface area contributed by atoms with Crippen LogP contribution in [-0.4, -0.2) is 24.0 Å². The fraction of sp³-hybridized carbons (Fsp3) is 0.389. The van der Waals surface area contributed by atoms with Gasteiger partial charge < -0.3 is 4.57 Å². The second-order valence-corrected chi connectivity index (χ2v) is 8.38. The maximum Gasteiger partial charge on any atom is 0.237 e. The van der Waals surface area contributed by atoms with Crippen molar-refractivity contribution in [3.05, 3.63) is 58.0 Å². The molecular formula is C18H21N3O2S. The van der Waals surface area contributed by atoms with Crippen molar-refractivity contribution < 1.29 is 8.42 Å². The van der Waals surface area contributed by atoms with E-state index in [1.165, 1.54) is 5.56 Å². The first-order valence-corrected chi connectivity index (χ1v) is 9.83. The molecule has 24 heavy (non-hydrogen) atoms. The van der Waals surface area contributed by atoms with E-state index in [0.717, 1.165) is 36.3 Å². The van der Waals surface area contributed by atoms with Crippen LogP contribution in [0.5, 0.6) is 0 Å². The lowest BCUT2D eigenvalue weighted by atomic mass is 9.98. The lowest BCUT2D eigenvalue weighted by molar-refractivity contribution is 0.422. The van der Waals surface area contributed by atoms with E-state index >= 15 is 0 Å². The predicted molar refractivity (Wildman–Crippen MR) is 93.9 cm³/mol. The number of nitrogens with one attached hydrogen (secondary N) is 1. The Morgan fingerprint density at radius 3 is 2.92 bits per heavy atom. The summed E-state index contributed by atoms with van der Waals surface area (Å²) in [5.41, 5.74) is 3.22. The third-order valence-electron chi connectivity index (χ3n) is 4.79. The van der Waals surface area contributed by atoms with Crippen LogP contribution in [0.15, 0.2) is 35.4 Å². The van der Waals surface area contributed by atoms with Gasteiger partial charge in [-0.3, -0.25) is 0 Å². The smallest absolute Gasteiger partial charge is 0.237 e. The van der Waals surface area contributed by atoms with Gasteiger partial charge in [-0.05, 0) is 43.4 Å². The quantitative estimate of drug-likeness (QED) is 0.931. The highest BCUT2D eigenvalue weighted by molar-refractivity contribution is 7.93. The molecule has 1 N–H and O–H groups in total. The van der Waals surface area contributed by atoms with Crippen LogP contribution in [0.2, 0.25) is 0 Å². The topological polar surface area (TPSA) is 64.0 Å². The molecule has 0 amide bonds. The van der Waals surface area contributed by atoms with Crippen molar-refractivity contribution in [2.75, 3.05) is 0 Å². The lowest BCUT2D eigenvalue weighted by Gasteiger charge is -2.26. The number of fused-ring (bicyclic) bond motifs is 2. The summed E-state index contributed by atoms with van der Waals surface area (Å²) in [6.07, 6.45) is 6.75. The summed E-state index contributed by atoms with van der Waals surface area (Å²) in [6.45, 7) is 2.62. The number of aryl methyl sites for hydroxylation is 3. The standard InChI is InChI=1S/C18H21N3O2S/c1-13-11-21-12-16(7-9-18(21)19-13)20-24(22,23)17-8-6-14-4-2-3-5-15(14)10-17/h2-5,10-11,16,20H,6-9,12H2,1H3. The minimum Gasteiger partial charge on any atom is -0.333 e. The van der Waals surface area contributed by atoms with Crippen LogP contribution in [0.3, 0.4) is 0 Å². The van der Waals surface area contributed by atoms with E-state index in [0.29, 0.717) is 17.9 Å². The number of hydrogen-bond acceptors (Lipinski definition) is 3. The number of hydrogen-bond donors (Lipinski definition) is 1. The van der Waals surface area contributed by atoms with Crippen LogP contribution in [0.4, 0.5) is 0 Å². The second-order valence-electron chi connectivity index (χ2n) is 6.62. The molecule has 126 valence electrons. The van der Waals surface area contributed by atoms with Crippen LogP contribution in [0.25, 0.3) is 6.08 Å². The molecule has 0 bridgehead atoms. The van der Waals surface area contributed by atoms with Crippen LogP contribution in [-0.2, 0) is 29.4 Å². The first kappa shape index (κ1) is 15.6. The van der Waals surface area contributed by atoms with Crippen molar-refractivity contribution in [3.8, 4) is 0 Å². The zero-order valence-electron chi connectivity index (χ0n) is 13.7. The third kappa shape index (κ3) is 2.91. The van der Waals surface area contributed by atoms with E-state index < -0.39 is 10.0 Å². The van der Waals surface area contributed by atoms with Gasteiger partial charge in [0.15, 0.2) is 0 Å². The molecule has 0 fully saturated rings. The van der Waals surface area contributed by atoms with Gasteiger partial charge in [0.2, 0.25) is 10.0 Å². The van der Waals surface area contributed by atoms with Crippen LogP contribution in [0.1, 0.15) is 35.5 Å². The van der Waals surface area contributed by atoms with Gasteiger partial charge in [-0.25, -0.2) is 18.1 Å². The van der Waals surface area contributed by atoms with Crippen LogP contribution in [0, 0.1) is 6.92 Å². The highest BCUT2D eigenvalue weighted by Crippen LogP contribution is 2.27. The Labute approximate surface area is 142 Å². The highest BCUT2D eigenvalue weighted by Gasteiger charge is 2.27. The Kier molecular flexibility index (Phi) is 3.81. The van der Waals surface area contributed by atoms with Gasteiger partial charge in [0.1, 0.15) is 5.82 Å². The van der Waals surface area contributed by atoms with Gasteiger partial charge in [-0.15, -0.1) is 0 Å². The summed E-state index contributed by atoms with van der Waals surface area (Å²) in [6, 6.07) is 7.91. The minimum atomic E-state index is -3.44. The normalized spacial score (nSPS) is 20.2. The maximum atomic E-state index is 12.8. The summed E-state index contributed by atoms with van der Waals surface area (Å²) < 4.78 is 30.5. The first-order chi connectivity index (χ1) is 11.5. The molecule has 1 aromatic heterocycles. The molecule has 1 unspecified atom stereocenters. The molecule has 4 rings (SSSR count). The van der Waals surface area contributed by atoms with Gasteiger partial charge in [-0.2, -0.15) is 0 Å². The Hall–Kier alpha value is -1.92. The molecule has 0 spiro atoms.